The molecule has 2 aliphatic heterocycles. The minimum atomic E-state index is -4.34. The normalized spacial score (nSPS) is 17.7. The number of rotatable bonds is 37. The van der Waals surface area contributed by atoms with E-state index in [1.54, 1.807) is 17.1 Å². The second kappa shape index (κ2) is 30.3. The Balaban J connectivity index is 0.592. The van der Waals surface area contributed by atoms with Crippen LogP contribution in [0.4, 0.5) is 19.0 Å². The van der Waals surface area contributed by atoms with Gasteiger partial charge in [-0.3, -0.25) is 9.36 Å². The van der Waals surface area contributed by atoms with Crippen LogP contribution in [0.1, 0.15) is 42.3 Å². The van der Waals surface area contributed by atoms with Crippen molar-refractivity contribution in [2.24, 2.45) is 0 Å². The smallest absolute Gasteiger partial charge is 0.350 e. The fraction of sp³-hybridized carbons (Fsp3) is 0.600. The van der Waals surface area contributed by atoms with Crippen molar-refractivity contribution in [3.63, 3.8) is 0 Å². The monoisotopic (exact) mass is 1170 g/mol. The maximum atomic E-state index is 13.6. The maximum absolute atomic E-state index is 13.6. The summed E-state index contributed by atoms with van der Waals surface area (Å²) in [4.78, 5) is 41.1. The Kier molecular flexibility index (Phi) is 23.2. The minimum absolute atomic E-state index is 0.0211. The van der Waals surface area contributed by atoms with E-state index < -0.39 is 61.6 Å². The molecule has 25 nitrogen and oxygen atoms in total. The summed E-state index contributed by atoms with van der Waals surface area (Å²) in [5.74, 6) is -4.22. The van der Waals surface area contributed by atoms with Gasteiger partial charge in [0.15, 0.2) is 23.5 Å². The molecule has 2 fully saturated rings. The van der Waals surface area contributed by atoms with Gasteiger partial charge in [0, 0.05) is 37.1 Å². The van der Waals surface area contributed by atoms with Crippen LogP contribution in [0.5, 0.6) is 11.5 Å². The minimum Gasteiger partial charge on any atom is -0.491 e. The van der Waals surface area contributed by atoms with E-state index in [0.717, 1.165) is 18.6 Å². The van der Waals surface area contributed by atoms with Gasteiger partial charge in [-0.05, 0) is 47.7 Å². The number of aromatic nitrogens is 7. The van der Waals surface area contributed by atoms with E-state index in [9.17, 15) is 27.6 Å². The number of aryl methyl sites for hydroxylation is 1. The fourth-order valence-electron chi connectivity index (χ4n) is 9.14. The van der Waals surface area contributed by atoms with E-state index in [2.05, 4.69) is 47.1 Å². The van der Waals surface area contributed by atoms with Gasteiger partial charge in [-0.25, -0.2) is 22.5 Å². The molecule has 80 heavy (non-hydrogen) atoms. The molecular weight excluding hydrogens is 1110 g/mol. The molecule has 30 heteroatoms. The average Bonchev–Trinajstić information content (AvgIpc) is 4.38. The number of anilines is 1. The zero-order valence-corrected chi connectivity index (χ0v) is 45.4. The Bertz CT molecular complexity index is 2790. The van der Waals surface area contributed by atoms with Crippen molar-refractivity contribution in [3.05, 3.63) is 82.3 Å². The Labute approximate surface area is 462 Å². The van der Waals surface area contributed by atoms with Crippen molar-refractivity contribution in [1.29, 1.82) is 0 Å². The van der Waals surface area contributed by atoms with E-state index in [1.807, 2.05) is 6.07 Å². The summed E-state index contributed by atoms with van der Waals surface area (Å²) >= 11 is 6.45. The van der Waals surface area contributed by atoms with Crippen molar-refractivity contribution in [3.8, 4) is 11.5 Å². The Hall–Kier alpha value is -5.01. The van der Waals surface area contributed by atoms with Crippen LogP contribution in [0.2, 0.25) is 5.28 Å². The highest BCUT2D eigenvalue weighted by molar-refractivity contribution is 7.51. The quantitative estimate of drug-likeness (QED) is 0.0168. The van der Waals surface area contributed by atoms with Crippen LogP contribution < -0.4 is 14.4 Å². The first-order valence-corrected chi connectivity index (χ1v) is 28.1. The van der Waals surface area contributed by atoms with Crippen molar-refractivity contribution in [1.82, 2.24) is 34.7 Å². The van der Waals surface area contributed by atoms with Crippen molar-refractivity contribution in [2.75, 3.05) is 137 Å². The molecule has 5 aromatic rings. The van der Waals surface area contributed by atoms with Crippen molar-refractivity contribution in [2.45, 2.75) is 62.7 Å². The first kappa shape index (κ1) is 61.1. The van der Waals surface area contributed by atoms with Crippen LogP contribution in [-0.4, -0.2) is 200 Å². The Morgan fingerprint density at radius 2 is 1.43 bits per heavy atom. The Morgan fingerprint density at radius 1 is 0.800 bits per heavy atom. The number of ether oxygens (including phenoxy) is 12. The molecule has 1 unspecified atom stereocenters. The SMILES string of the molecule is O=C(CCOCCOCCOCCOCCn1cc(COCCOCCOCCOCCOc2ccc3c(c2)C2(CC3)CN(c3nc(Cl)nc4c3cnn4C3O[C@H](COCP(=O)(O)O)C[C@H]3O)C2)nn1)Oc1c(F)cc(F)cc1F. The number of hydrogen-bond donors (Lipinski definition) is 3. The molecule has 1 spiro atoms. The molecule has 3 aromatic heterocycles. The highest BCUT2D eigenvalue weighted by atomic mass is 35.5. The molecule has 2 saturated heterocycles. The highest BCUT2D eigenvalue weighted by Crippen LogP contribution is 2.49. The van der Waals surface area contributed by atoms with Crippen LogP contribution >= 0.6 is 19.2 Å². The molecule has 8 rings (SSSR count). The van der Waals surface area contributed by atoms with E-state index in [0.29, 0.717) is 140 Å². The van der Waals surface area contributed by atoms with Gasteiger partial charge in [0.2, 0.25) is 11.0 Å². The number of aliphatic hydroxyl groups excluding tert-OH is 1. The molecule has 2 aromatic carbocycles. The second-order valence-electron chi connectivity index (χ2n) is 18.8. The molecule has 3 aliphatic rings. The van der Waals surface area contributed by atoms with Gasteiger partial charge in [0.05, 0.1) is 149 Å². The summed E-state index contributed by atoms with van der Waals surface area (Å²) in [6.07, 6.45) is 2.04. The number of aliphatic hydroxyl groups is 1. The van der Waals surface area contributed by atoms with Gasteiger partial charge in [-0.15, -0.1) is 5.10 Å². The van der Waals surface area contributed by atoms with E-state index in [-0.39, 0.29) is 56.6 Å². The van der Waals surface area contributed by atoms with Crippen LogP contribution in [0.3, 0.4) is 0 Å². The molecule has 440 valence electrons. The van der Waals surface area contributed by atoms with Crippen LogP contribution in [0.25, 0.3) is 11.0 Å². The van der Waals surface area contributed by atoms with E-state index in [4.69, 9.17) is 73.5 Å². The van der Waals surface area contributed by atoms with Crippen LogP contribution in [0, 0.1) is 17.5 Å². The van der Waals surface area contributed by atoms with Crippen molar-refractivity contribution >= 4 is 42.0 Å². The largest absolute Gasteiger partial charge is 0.491 e. The average molecular weight is 1170 g/mol. The molecule has 0 amide bonds. The third-order valence-electron chi connectivity index (χ3n) is 12.8. The fourth-order valence-corrected chi connectivity index (χ4v) is 9.64. The van der Waals surface area contributed by atoms with Gasteiger partial charge >= 0.3 is 13.6 Å². The topological polar surface area (TPSA) is 283 Å². The number of fused-ring (bicyclic) bond motifs is 3. The summed E-state index contributed by atoms with van der Waals surface area (Å²) in [6.45, 7) is 7.45. The molecular formula is C50H65ClF3N8O17P. The lowest BCUT2D eigenvalue weighted by atomic mass is 9.74. The summed E-state index contributed by atoms with van der Waals surface area (Å²) in [5, 5.41) is 24.2. The predicted octanol–water partition coefficient (Wildman–Crippen LogP) is 3.70. The first-order chi connectivity index (χ1) is 38.7. The van der Waals surface area contributed by atoms with Gasteiger partial charge in [-0.2, -0.15) is 15.1 Å². The number of carbonyl (C=O) groups is 1. The van der Waals surface area contributed by atoms with Gasteiger partial charge in [-0.1, -0.05) is 11.3 Å². The van der Waals surface area contributed by atoms with Gasteiger partial charge < -0.3 is 76.6 Å². The molecule has 3 atom stereocenters. The van der Waals surface area contributed by atoms with E-state index in [1.165, 1.54) is 15.8 Å². The number of halogens is 4. The predicted molar refractivity (Wildman–Crippen MR) is 274 cm³/mol. The van der Waals surface area contributed by atoms with Crippen LogP contribution in [-0.2, 0) is 81.7 Å². The lowest BCUT2D eigenvalue weighted by molar-refractivity contribution is -0.136. The second-order valence-corrected chi connectivity index (χ2v) is 20.7. The third-order valence-corrected chi connectivity index (χ3v) is 13.5. The number of esters is 1. The highest BCUT2D eigenvalue weighted by Gasteiger charge is 2.49. The molecule has 0 bridgehead atoms. The third kappa shape index (κ3) is 18.0. The van der Waals surface area contributed by atoms with Crippen molar-refractivity contribution < 1.29 is 94.3 Å². The zero-order chi connectivity index (χ0) is 56.3. The number of benzene rings is 2. The lowest BCUT2D eigenvalue weighted by Crippen LogP contribution is -2.58. The number of carbonyl (C=O) groups excluding carboxylic acids is 1. The first-order valence-electron chi connectivity index (χ1n) is 26.0. The summed E-state index contributed by atoms with van der Waals surface area (Å²) in [7, 11) is -4.34. The molecule has 0 saturated carbocycles. The summed E-state index contributed by atoms with van der Waals surface area (Å²) in [6, 6.07) is 7.08. The van der Waals surface area contributed by atoms with E-state index >= 15 is 0 Å². The molecule has 3 N–H and O–H groups in total. The molecule has 5 heterocycles. The lowest BCUT2D eigenvalue weighted by Gasteiger charge is -2.49. The number of hydrogen-bond acceptors (Lipinski definition) is 21. The number of nitrogens with zero attached hydrogens (tertiary/aromatic N) is 8. The standard InChI is InChI=1S/C50H65ClF3N8O17P/c51-49-56-46(39-27-55-62(47(39)57-49)48-43(63)26-38(78-48)30-76-33-80(65,66)67)60-31-50(32-60)5-3-34-1-2-37(25-40(34)50)77-22-21-74-18-17-72-15-16-73-19-20-75-29-36-28-61(59-58-36)6-8-69-10-12-71-14-13-70-11-9-68-7-4-44(64)79-45-41(53)23-35(52)24-42(45)54/h1-2,23-25,27-28,38,43,48,63H,3-22,26,29-33H2,(H2,65,66,67)/t38-,43+,48?/m0/s1. The zero-order valence-electron chi connectivity index (χ0n) is 43.8. The Morgan fingerprint density at radius 3 is 2.09 bits per heavy atom. The van der Waals surface area contributed by atoms with Gasteiger partial charge in [0.25, 0.3) is 0 Å². The maximum Gasteiger partial charge on any atom is 0.350 e. The summed E-state index contributed by atoms with van der Waals surface area (Å²) < 4.78 is 121. The molecule has 1 aliphatic carbocycles. The van der Waals surface area contributed by atoms with Gasteiger partial charge in [0.1, 0.15) is 42.1 Å². The van der Waals surface area contributed by atoms with Crippen LogP contribution in [0.15, 0.2) is 42.7 Å². The summed E-state index contributed by atoms with van der Waals surface area (Å²) in [5.41, 5.74) is 3.52. The molecule has 0 radical (unpaired) electrons.